The number of hydrogen-bond acceptors (Lipinski definition) is 13. The summed E-state index contributed by atoms with van der Waals surface area (Å²) in [6.07, 6.45) is 4.45. The number of amides is 1. The van der Waals surface area contributed by atoms with Crippen molar-refractivity contribution in [2.45, 2.75) is 166 Å². The molecule has 350 valence electrons. The zero-order valence-corrected chi connectivity index (χ0v) is 38.2. The third kappa shape index (κ3) is 12.7. The minimum atomic E-state index is -1.99. The van der Waals surface area contributed by atoms with Gasteiger partial charge in [0.2, 0.25) is 0 Å². The third-order valence-corrected chi connectivity index (χ3v) is 13.6. The first-order valence-corrected chi connectivity index (χ1v) is 22.5. The van der Waals surface area contributed by atoms with Gasteiger partial charge < -0.3 is 43.9 Å². The van der Waals surface area contributed by atoms with Gasteiger partial charge in [0, 0.05) is 58.6 Å². The third-order valence-electron chi connectivity index (χ3n) is 13.6. The van der Waals surface area contributed by atoms with E-state index in [1.54, 1.807) is 34.1 Å². The Morgan fingerprint density at radius 2 is 1.63 bits per heavy atom. The molecule has 15 nitrogen and oxygen atoms in total. The highest BCUT2D eigenvalue weighted by Crippen LogP contribution is 2.39. The van der Waals surface area contributed by atoms with Crippen LogP contribution in [0.5, 0.6) is 0 Å². The van der Waals surface area contributed by atoms with Gasteiger partial charge in [-0.3, -0.25) is 24.5 Å². The molecule has 0 radical (unpaired) electrons. The zero-order chi connectivity index (χ0) is 45.9. The summed E-state index contributed by atoms with van der Waals surface area (Å²) in [5, 5.41) is 34.9. The second-order valence-corrected chi connectivity index (χ2v) is 18.4. The number of carboxylic acid groups (broad SMARTS) is 1. The molecule has 15 heteroatoms. The molecule has 14 atom stereocenters. The number of nitrogens with one attached hydrogen (secondary N) is 1. The molecule has 0 aromatic heterocycles. The summed E-state index contributed by atoms with van der Waals surface area (Å²) < 4.78 is 30.6. The number of cyclic esters (lactones) is 1. The maximum atomic E-state index is 14.9. The van der Waals surface area contributed by atoms with E-state index in [1.165, 1.54) is 12.0 Å². The van der Waals surface area contributed by atoms with Crippen LogP contribution in [-0.2, 0) is 47.7 Å². The number of carbonyl (C=O) groups is 5. The topological polar surface area (TPSA) is 207 Å². The van der Waals surface area contributed by atoms with Crippen molar-refractivity contribution in [2.75, 3.05) is 34.4 Å². The number of aliphatic carboxylic acids is 1. The lowest BCUT2D eigenvalue weighted by atomic mass is 9.80. The molecule has 3 fully saturated rings. The maximum Gasteiger partial charge on any atom is 0.329 e. The van der Waals surface area contributed by atoms with Crippen LogP contribution in [-0.4, -0.2) is 139 Å². The summed E-state index contributed by atoms with van der Waals surface area (Å²) >= 11 is 0. The Bertz CT molecular complexity index is 1630. The molecule has 62 heavy (non-hydrogen) atoms. The molecule has 0 aromatic rings. The Balaban J connectivity index is 1.84. The second-order valence-electron chi connectivity index (χ2n) is 18.4. The van der Waals surface area contributed by atoms with Crippen molar-refractivity contribution in [3.05, 3.63) is 36.0 Å². The number of methoxy groups -OCH3 is 3. The van der Waals surface area contributed by atoms with Crippen LogP contribution in [0.15, 0.2) is 36.0 Å². The fourth-order valence-electron chi connectivity index (χ4n) is 10.1. The normalized spacial score (nSPS) is 38.5. The zero-order valence-electron chi connectivity index (χ0n) is 38.2. The van der Waals surface area contributed by atoms with Crippen LogP contribution in [0.25, 0.3) is 0 Å². The number of piperidine rings is 1. The number of allylic oxidation sites excluding steroid dienone is 4. The molecule has 0 spiro atoms. The first kappa shape index (κ1) is 51.3. The summed E-state index contributed by atoms with van der Waals surface area (Å²) in [5.74, 6) is -6.02. The fourth-order valence-corrected chi connectivity index (χ4v) is 10.1. The van der Waals surface area contributed by atoms with E-state index >= 15 is 0 Å². The molecule has 1 saturated carbocycles. The van der Waals surface area contributed by atoms with Gasteiger partial charge in [0.25, 0.3) is 11.7 Å². The van der Waals surface area contributed by atoms with Gasteiger partial charge >= 0.3 is 11.9 Å². The quantitative estimate of drug-likeness (QED) is 0.126. The summed E-state index contributed by atoms with van der Waals surface area (Å²) in [6.45, 7) is 13.1. The van der Waals surface area contributed by atoms with Gasteiger partial charge in [-0.2, -0.15) is 0 Å². The summed E-state index contributed by atoms with van der Waals surface area (Å²) in [7, 11) is 4.64. The van der Waals surface area contributed by atoms with E-state index in [1.807, 2.05) is 32.9 Å². The van der Waals surface area contributed by atoms with Gasteiger partial charge in [0.15, 0.2) is 5.72 Å². The van der Waals surface area contributed by atoms with Gasteiger partial charge in [-0.05, 0) is 95.5 Å². The number of fused-ring (bicyclic) bond motifs is 3. The molecular weight excluding hydrogens is 801 g/mol. The number of ketones is 2. The Hall–Kier alpha value is -3.31. The molecular formula is C47H74N2O13. The molecule has 3 aliphatic heterocycles. The van der Waals surface area contributed by atoms with Crippen molar-refractivity contribution in [1.82, 2.24) is 10.2 Å². The molecule has 4 N–H and O–H groups in total. The minimum absolute atomic E-state index is 0.0121. The Kier molecular flexibility index (Phi) is 19.5. The highest BCUT2D eigenvalue weighted by atomic mass is 16.6. The molecule has 2 bridgehead atoms. The first-order chi connectivity index (χ1) is 29.4. The van der Waals surface area contributed by atoms with Crippen molar-refractivity contribution >= 4 is 29.4 Å². The van der Waals surface area contributed by atoms with Crippen molar-refractivity contribution in [2.24, 2.45) is 29.6 Å². The lowest BCUT2D eigenvalue weighted by molar-refractivity contribution is -0.243. The van der Waals surface area contributed by atoms with Gasteiger partial charge in [0.1, 0.15) is 24.0 Å². The number of aliphatic hydroxyl groups excluding tert-OH is 2. The second kappa shape index (κ2) is 23.6. The maximum absolute atomic E-state index is 14.9. The average molecular weight is 875 g/mol. The first-order valence-electron chi connectivity index (χ1n) is 22.5. The van der Waals surface area contributed by atoms with Gasteiger partial charge in [-0.25, -0.2) is 4.79 Å². The van der Waals surface area contributed by atoms with E-state index in [9.17, 15) is 39.3 Å². The number of ether oxygens (including phenoxy) is 5. The number of aliphatic hydroxyl groups is 2. The Labute approximate surface area is 368 Å². The number of carboxylic acids is 1. The number of Topliss-reactive ketones (excluding diaryl/α,β-unsaturated/α-hetero) is 2. The highest BCUT2D eigenvalue weighted by Gasteiger charge is 2.57. The average Bonchev–Trinajstić information content (AvgIpc) is 3.24. The van der Waals surface area contributed by atoms with Crippen LogP contribution in [0.2, 0.25) is 0 Å². The van der Waals surface area contributed by atoms with Crippen LogP contribution in [0, 0.1) is 29.6 Å². The summed E-state index contributed by atoms with van der Waals surface area (Å²) in [4.78, 5) is 71.1. The van der Waals surface area contributed by atoms with E-state index in [0.717, 1.165) is 5.57 Å². The van der Waals surface area contributed by atoms with E-state index in [-0.39, 0.29) is 62.5 Å². The van der Waals surface area contributed by atoms with Crippen LogP contribution in [0.1, 0.15) is 112 Å². The molecule has 4 aliphatic rings. The lowest BCUT2D eigenvalue weighted by Gasteiger charge is -2.50. The van der Waals surface area contributed by atoms with Crippen LogP contribution >= 0.6 is 0 Å². The predicted octanol–water partition coefficient (Wildman–Crippen LogP) is 4.71. The number of nitrogens with zero attached hydrogens (tertiary/aromatic N) is 1. The largest absolute Gasteiger partial charge is 0.481 e. The molecule has 2 saturated heterocycles. The monoisotopic (exact) mass is 875 g/mol. The van der Waals surface area contributed by atoms with E-state index in [2.05, 4.69) is 11.9 Å². The molecule has 1 aliphatic carbocycles. The molecule has 0 unspecified atom stereocenters. The SMILES string of the molecule is C=CC[C@@H]1/C=C(\C)C[C@H](C)C[C@H](OC)[C@H]2O[C@@](NCCC(=O)O)(C(=O)C(=O)N3CCCC[C@H]3C(=O)O[C@H](/C(C)=C/[C@@H]3CC[C@@H](O)[C@H](OC)C3)[C@H](C)[C@@H](O)CC1=O)[C@H](C)C[C@@H]2OC. The van der Waals surface area contributed by atoms with Crippen LogP contribution in [0.3, 0.4) is 0 Å². The summed E-state index contributed by atoms with van der Waals surface area (Å²) in [6, 6.07) is -1.16. The number of esters is 1. The molecule has 4 rings (SSSR count). The number of carbonyl (C=O) groups excluding carboxylic acids is 4. The molecule has 0 aromatic carbocycles. The van der Waals surface area contributed by atoms with Gasteiger partial charge in [-0.15, -0.1) is 6.58 Å². The smallest absolute Gasteiger partial charge is 0.329 e. The van der Waals surface area contributed by atoms with Crippen molar-refractivity contribution in [1.29, 1.82) is 0 Å². The van der Waals surface area contributed by atoms with E-state index in [4.69, 9.17) is 23.7 Å². The fraction of sp³-hybridized carbons (Fsp3) is 0.766. The van der Waals surface area contributed by atoms with E-state index in [0.29, 0.717) is 56.9 Å². The number of hydrogen-bond donors (Lipinski definition) is 4. The molecule has 3 heterocycles. The molecule has 1 amide bonds. The Morgan fingerprint density at radius 1 is 0.952 bits per heavy atom. The predicted molar refractivity (Wildman–Crippen MR) is 231 cm³/mol. The van der Waals surface area contributed by atoms with Crippen LogP contribution < -0.4 is 5.32 Å². The minimum Gasteiger partial charge on any atom is -0.481 e. The van der Waals surface area contributed by atoms with Gasteiger partial charge in [0.05, 0.1) is 36.9 Å². The van der Waals surface area contributed by atoms with Crippen LogP contribution in [0.4, 0.5) is 0 Å². The van der Waals surface area contributed by atoms with Crippen molar-refractivity contribution in [3.8, 4) is 0 Å². The van der Waals surface area contributed by atoms with Crippen molar-refractivity contribution in [3.63, 3.8) is 0 Å². The lowest BCUT2D eigenvalue weighted by Crippen LogP contribution is -2.70. The highest BCUT2D eigenvalue weighted by molar-refractivity contribution is 6.39. The number of rotatable bonds is 11. The summed E-state index contributed by atoms with van der Waals surface area (Å²) in [5.41, 5.74) is -0.400. The Morgan fingerprint density at radius 3 is 2.27 bits per heavy atom. The van der Waals surface area contributed by atoms with Gasteiger partial charge in [-0.1, -0.05) is 44.6 Å². The van der Waals surface area contributed by atoms with E-state index < -0.39 is 89.8 Å². The standard InChI is InChI=1S/C47H74N2O13/c1-10-13-33-21-27(2)20-28(3)22-39(59-8)43-40(60-9)24-30(5)47(62-43,48-18-17-41(53)54)44(55)45(56)49-19-12-11-14-34(49)46(57)61-42(31(6)36(51)26-37(33)52)29(4)23-32-15-16-35(50)38(25-32)58-7/h10,21,23,28,30-36,38-40,42-43,48,50-51H,1,11-20,22,24-26H2,2-9H3,(H,53,54)/b27-21+,29-23+/t28-,30+,31+,32-,33+,34-,35+,36-,38+,39-,40-,42+,43+,47+/m0/s1. The van der Waals surface area contributed by atoms with Crippen molar-refractivity contribution < 1.29 is 63.0 Å².